The first kappa shape index (κ1) is 13.7. The van der Waals surface area contributed by atoms with Crippen LogP contribution in [0.4, 0.5) is 4.39 Å². The molecule has 0 fully saturated rings. The first-order valence-corrected chi connectivity index (χ1v) is 7.33. The van der Waals surface area contributed by atoms with Crippen LogP contribution >= 0.6 is 27.3 Å². The predicted octanol–water partition coefficient (Wildman–Crippen LogP) is 4.58. The van der Waals surface area contributed by atoms with Gasteiger partial charge in [-0.3, -0.25) is 0 Å². The van der Waals surface area contributed by atoms with E-state index in [1.165, 1.54) is 10.4 Å². The van der Waals surface area contributed by atoms with Crippen molar-refractivity contribution in [3.63, 3.8) is 0 Å². The summed E-state index contributed by atoms with van der Waals surface area (Å²) in [6.45, 7) is 3.86. The second kappa shape index (κ2) is 5.51. The van der Waals surface area contributed by atoms with Gasteiger partial charge in [0.25, 0.3) is 0 Å². The van der Waals surface area contributed by atoms with Gasteiger partial charge in [0.15, 0.2) is 0 Å². The molecule has 0 aliphatic carbocycles. The lowest BCUT2D eigenvalue weighted by atomic mass is 9.98. The number of aryl methyl sites for hydroxylation is 2. The molecule has 1 nitrogen and oxygen atoms in total. The summed E-state index contributed by atoms with van der Waals surface area (Å²) in [6.07, 6.45) is 0. The van der Waals surface area contributed by atoms with E-state index < -0.39 is 0 Å². The van der Waals surface area contributed by atoms with Crippen LogP contribution in [-0.4, -0.2) is 7.05 Å². The topological polar surface area (TPSA) is 12.0 Å². The van der Waals surface area contributed by atoms with Crippen molar-refractivity contribution in [1.82, 2.24) is 5.32 Å². The van der Waals surface area contributed by atoms with Crippen molar-refractivity contribution in [2.75, 3.05) is 7.05 Å². The summed E-state index contributed by atoms with van der Waals surface area (Å²) in [5.41, 5.74) is 2.82. The zero-order chi connectivity index (χ0) is 13.3. The van der Waals surface area contributed by atoms with Gasteiger partial charge >= 0.3 is 0 Å². The van der Waals surface area contributed by atoms with Crippen LogP contribution in [0.25, 0.3) is 0 Å². The monoisotopic (exact) mass is 327 g/mol. The Balaban J connectivity index is 2.45. The van der Waals surface area contributed by atoms with E-state index in [1.54, 1.807) is 24.3 Å². The zero-order valence-electron chi connectivity index (χ0n) is 10.6. The molecule has 1 aromatic carbocycles. The largest absolute Gasteiger partial charge is 0.309 e. The number of hydrogen-bond donors (Lipinski definition) is 1. The van der Waals surface area contributed by atoms with Crippen molar-refractivity contribution in [2.24, 2.45) is 0 Å². The first-order chi connectivity index (χ1) is 8.52. The number of rotatable bonds is 3. The fourth-order valence-corrected chi connectivity index (χ4v) is 3.78. The molecule has 18 heavy (non-hydrogen) atoms. The maximum absolute atomic E-state index is 13.7. The Hall–Kier alpha value is -0.710. The van der Waals surface area contributed by atoms with Crippen LogP contribution in [0.15, 0.2) is 28.1 Å². The minimum Gasteiger partial charge on any atom is -0.309 e. The fourth-order valence-electron chi connectivity index (χ4n) is 2.04. The van der Waals surface area contributed by atoms with Crippen molar-refractivity contribution in [3.05, 3.63) is 55.4 Å². The molecule has 96 valence electrons. The quantitative estimate of drug-likeness (QED) is 0.870. The van der Waals surface area contributed by atoms with Gasteiger partial charge in [0, 0.05) is 4.88 Å². The zero-order valence-corrected chi connectivity index (χ0v) is 13.0. The lowest BCUT2D eigenvalue weighted by Crippen LogP contribution is -2.18. The Morgan fingerprint density at radius 3 is 2.50 bits per heavy atom. The highest BCUT2D eigenvalue weighted by Gasteiger charge is 2.17. The lowest BCUT2D eigenvalue weighted by Gasteiger charge is -2.17. The molecule has 1 atom stereocenters. The van der Waals surface area contributed by atoms with Gasteiger partial charge < -0.3 is 5.32 Å². The molecule has 0 saturated heterocycles. The summed E-state index contributed by atoms with van der Waals surface area (Å²) >= 11 is 5.19. The average Bonchev–Trinajstić information content (AvgIpc) is 2.64. The van der Waals surface area contributed by atoms with Gasteiger partial charge in [0.2, 0.25) is 0 Å². The third-order valence-corrected chi connectivity index (χ3v) is 4.62. The second-order valence-corrected chi connectivity index (χ2v) is 6.93. The summed E-state index contributed by atoms with van der Waals surface area (Å²) in [4.78, 5) is 1.24. The summed E-state index contributed by atoms with van der Waals surface area (Å²) in [5, 5.41) is 3.25. The predicted molar refractivity (Wildman–Crippen MR) is 78.8 cm³/mol. The van der Waals surface area contributed by atoms with E-state index in [0.29, 0.717) is 5.56 Å². The molecule has 2 aromatic rings. The molecule has 1 unspecified atom stereocenters. The van der Waals surface area contributed by atoms with Gasteiger partial charge in [-0.2, -0.15) is 0 Å². The van der Waals surface area contributed by atoms with Crippen molar-refractivity contribution in [2.45, 2.75) is 19.9 Å². The second-order valence-electron chi connectivity index (χ2n) is 4.29. The van der Waals surface area contributed by atoms with Gasteiger partial charge in [-0.1, -0.05) is 12.1 Å². The Kier molecular flexibility index (Phi) is 4.20. The minimum absolute atomic E-state index is 0.0302. The van der Waals surface area contributed by atoms with Crippen LogP contribution in [0.5, 0.6) is 0 Å². The summed E-state index contributed by atoms with van der Waals surface area (Å²) in [5.74, 6) is -0.153. The van der Waals surface area contributed by atoms with Crippen LogP contribution in [-0.2, 0) is 0 Å². The Labute approximate surface area is 119 Å². The molecule has 0 radical (unpaired) electrons. The summed E-state index contributed by atoms with van der Waals surface area (Å²) < 4.78 is 14.8. The molecule has 4 heteroatoms. The first-order valence-electron chi connectivity index (χ1n) is 5.72. The molecule has 0 saturated carbocycles. The molecular weight excluding hydrogens is 313 g/mol. The van der Waals surface area contributed by atoms with Crippen LogP contribution in [0.1, 0.15) is 27.6 Å². The van der Waals surface area contributed by atoms with Gasteiger partial charge in [0.05, 0.1) is 9.83 Å². The third-order valence-electron chi connectivity index (χ3n) is 3.06. The minimum atomic E-state index is -0.153. The number of hydrogen-bond acceptors (Lipinski definition) is 2. The van der Waals surface area contributed by atoms with E-state index in [1.807, 2.05) is 19.2 Å². The van der Waals surface area contributed by atoms with E-state index in [4.69, 9.17) is 0 Å². The van der Waals surface area contributed by atoms with Crippen LogP contribution in [0, 0.1) is 19.7 Å². The highest BCUT2D eigenvalue weighted by molar-refractivity contribution is 9.11. The highest BCUT2D eigenvalue weighted by atomic mass is 79.9. The Bertz CT molecular complexity index is 565. The average molecular weight is 328 g/mol. The van der Waals surface area contributed by atoms with Crippen molar-refractivity contribution >= 4 is 27.3 Å². The third kappa shape index (κ3) is 2.66. The van der Waals surface area contributed by atoms with Crippen LogP contribution in [0.3, 0.4) is 0 Å². The van der Waals surface area contributed by atoms with E-state index in [-0.39, 0.29) is 11.9 Å². The van der Waals surface area contributed by atoms with Crippen molar-refractivity contribution < 1.29 is 4.39 Å². The van der Waals surface area contributed by atoms with Crippen LogP contribution < -0.4 is 5.32 Å². The number of nitrogens with one attached hydrogen (secondary N) is 1. The van der Waals surface area contributed by atoms with Crippen LogP contribution in [0.2, 0.25) is 0 Å². The van der Waals surface area contributed by atoms with Gasteiger partial charge in [-0.25, -0.2) is 4.39 Å². The number of thiophene rings is 1. The molecule has 0 amide bonds. The van der Waals surface area contributed by atoms with Gasteiger partial charge in [0.1, 0.15) is 5.82 Å². The molecule has 0 aliphatic heterocycles. The number of halogens is 2. The van der Waals surface area contributed by atoms with E-state index in [9.17, 15) is 4.39 Å². The van der Waals surface area contributed by atoms with Crippen molar-refractivity contribution in [1.29, 1.82) is 0 Å². The molecule has 1 heterocycles. The maximum atomic E-state index is 13.7. The molecule has 0 spiro atoms. The molecule has 2 rings (SSSR count). The van der Waals surface area contributed by atoms with Gasteiger partial charge in [-0.05, 0) is 65.6 Å². The number of benzene rings is 1. The normalized spacial score (nSPS) is 12.7. The van der Waals surface area contributed by atoms with Gasteiger partial charge in [-0.15, -0.1) is 11.3 Å². The van der Waals surface area contributed by atoms with E-state index in [2.05, 4.69) is 34.2 Å². The van der Waals surface area contributed by atoms with E-state index in [0.717, 1.165) is 9.35 Å². The van der Waals surface area contributed by atoms with Crippen molar-refractivity contribution in [3.8, 4) is 0 Å². The summed E-state index contributed by atoms with van der Waals surface area (Å²) in [6, 6.07) is 7.54. The fraction of sp³-hybridized carbons (Fsp3) is 0.286. The summed E-state index contributed by atoms with van der Waals surface area (Å²) in [7, 11) is 1.90. The molecular formula is C14H15BrFNS. The molecule has 1 N–H and O–H groups in total. The standard InChI is InChI=1S/C14H15BrFNS/c1-8-4-5-10(6-12(8)16)14(17-3)11-7-13(15)18-9(11)2/h4-7,14,17H,1-3H3. The molecule has 1 aromatic heterocycles. The Morgan fingerprint density at radius 1 is 1.28 bits per heavy atom. The molecule has 0 bridgehead atoms. The molecule has 0 aliphatic rings. The lowest BCUT2D eigenvalue weighted by molar-refractivity contribution is 0.608. The highest BCUT2D eigenvalue weighted by Crippen LogP contribution is 2.33. The SMILES string of the molecule is CNC(c1ccc(C)c(F)c1)c1cc(Br)sc1C. The maximum Gasteiger partial charge on any atom is 0.126 e. The Morgan fingerprint density at radius 2 is 2.00 bits per heavy atom. The smallest absolute Gasteiger partial charge is 0.126 e. The van der Waals surface area contributed by atoms with E-state index >= 15 is 0 Å².